The molecule has 0 saturated heterocycles. The van der Waals surface area contributed by atoms with E-state index in [2.05, 4.69) is 4.98 Å². The van der Waals surface area contributed by atoms with Gasteiger partial charge in [0.25, 0.3) is 6.43 Å². The summed E-state index contributed by atoms with van der Waals surface area (Å²) in [6.45, 7) is 0. The summed E-state index contributed by atoms with van der Waals surface area (Å²) in [5.41, 5.74) is -2.02. The maximum absolute atomic E-state index is 12.4. The molecular weight excluding hydrogens is 325 g/mol. The van der Waals surface area contributed by atoms with Crippen molar-refractivity contribution >= 4 is 34.6 Å². The monoisotopic (exact) mass is 328 g/mol. The van der Waals surface area contributed by atoms with Crippen molar-refractivity contribution in [2.45, 2.75) is 6.43 Å². The molecule has 0 bridgehead atoms. The molecule has 0 saturated carbocycles. The van der Waals surface area contributed by atoms with Gasteiger partial charge in [-0.15, -0.1) is 0 Å². The molecule has 80 valence electrons. The van der Waals surface area contributed by atoms with Gasteiger partial charge >= 0.3 is 5.69 Å². The maximum Gasteiger partial charge on any atom is 0.311 e. The summed E-state index contributed by atoms with van der Waals surface area (Å²) in [6.07, 6.45) is -2.15. The van der Waals surface area contributed by atoms with Gasteiger partial charge in [0.1, 0.15) is 5.56 Å². The predicted molar refractivity (Wildman–Crippen MR) is 54.0 cm³/mol. The molecule has 0 aliphatic carbocycles. The van der Waals surface area contributed by atoms with Gasteiger partial charge in [-0.3, -0.25) is 14.9 Å². The molecule has 1 rings (SSSR count). The quantitative estimate of drug-likeness (QED) is 0.281. The zero-order valence-electron chi connectivity index (χ0n) is 6.99. The number of hydrogen-bond donors (Lipinski definition) is 0. The van der Waals surface area contributed by atoms with Gasteiger partial charge in [0, 0.05) is 6.20 Å². The average Bonchev–Trinajstić information content (AvgIpc) is 2.15. The summed E-state index contributed by atoms with van der Waals surface area (Å²) >= 11 is 1.51. The Morgan fingerprint density at radius 3 is 2.60 bits per heavy atom. The van der Waals surface area contributed by atoms with Crippen molar-refractivity contribution in [3.63, 3.8) is 0 Å². The molecule has 0 aromatic carbocycles. The number of aldehydes is 1. The van der Waals surface area contributed by atoms with E-state index in [9.17, 15) is 23.7 Å². The van der Waals surface area contributed by atoms with Crippen molar-refractivity contribution < 1.29 is 18.5 Å². The Bertz CT molecular complexity index is 425. The molecule has 0 amide bonds. The second-order valence-corrected chi connectivity index (χ2v) is 3.46. The molecule has 8 heteroatoms. The van der Waals surface area contributed by atoms with E-state index in [-0.39, 0.29) is 9.99 Å². The second-order valence-electron chi connectivity index (χ2n) is 2.44. The molecule has 0 atom stereocenters. The summed E-state index contributed by atoms with van der Waals surface area (Å²) in [7, 11) is 0. The summed E-state index contributed by atoms with van der Waals surface area (Å²) in [5.74, 6) is 0. The highest BCUT2D eigenvalue weighted by molar-refractivity contribution is 14.1. The molecule has 0 spiro atoms. The Morgan fingerprint density at radius 1 is 1.60 bits per heavy atom. The summed E-state index contributed by atoms with van der Waals surface area (Å²) in [6, 6.07) is 0. The highest BCUT2D eigenvalue weighted by Gasteiger charge is 2.26. The number of rotatable bonds is 3. The van der Waals surface area contributed by atoms with E-state index in [1.807, 2.05) is 0 Å². The Balaban J connectivity index is 3.54. The first-order valence-electron chi connectivity index (χ1n) is 3.55. The van der Waals surface area contributed by atoms with E-state index < -0.39 is 28.2 Å². The lowest BCUT2D eigenvalue weighted by atomic mass is 10.1. The summed E-state index contributed by atoms with van der Waals surface area (Å²) in [4.78, 5) is 23.6. The Labute approximate surface area is 95.8 Å². The second kappa shape index (κ2) is 4.55. The van der Waals surface area contributed by atoms with E-state index >= 15 is 0 Å². The van der Waals surface area contributed by atoms with Crippen molar-refractivity contribution in [2.75, 3.05) is 0 Å². The highest BCUT2D eigenvalue weighted by atomic mass is 127. The van der Waals surface area contributed by atoms with Crippen LogP contribution in [0.2, 0.25) is 0 Å². The number of carbonyl (C=O) groups is 1. The predicted octanol–water partition coefficient (Wildman–Crippen LogP) is 2.34. The number of hydrogen-bond acceptors (Lipinski definition) is 4. The number of carbonyl (C=O) groups excluding carboxylic acids is 1. The summed E-state index contributed by atoms with van der Waals surface area (Å²) < 4.78 is 24.6. The topological polar surface area (TPSA) is 73.1 Å². The molecule has 1 heterocycles. The van der Waals surface area contributed by atoms with Crippen LogP contribution in [0.1, 0.15) is 22.3 Å². The van der Waals surface area contributed by atoms with Crippen molar-refractivity contribution in [3.05, 3.63) is 31.1 Å². The number of pyridine rings is 1. The third kappa shape index (κ3) is 2.25. The van der Waals surface area contributed by atoms with E-state index in [4.69, 9.17) is 0 Å². The van der Waals surface area contributed by atoms with E-state index in [1.165, 1.54) is 22.6 Å². The lowest BCUT2D eigenvalue weighted by Crippen LogP contribution is -2.04. The van der Waals surface area contributed by atoms with Crippen LogP contribution in [0, 0.1) is 13.8 Å². The molecule has 0 unspecified atom stereocenters. The number of nitro groups is 1. The molecule has 0 aliphatic heterocycles. The van der Waals surface area contributed by atoms with Crippen LogP contribution in [0.25, 0.3) is 0 Å². The van der Waals surface area contributed by atoms with Gasteiger partial charge in [-0.1, -0.05) is 0 Å². The third-order valence-corrected chi connectivity index (χ3v) is 2.40. The van der Waals surface area contributed by atoms with Crippen molar-refractivity contribution in [1.82, 2.24) is 4.98 Å². The highest BCUT2D eigenvalue weighted by Crippen LogP contribution is 2.30. The Hall–Kier alpha value is -1.19. The molecule has 1 aromatic heterocycles. The van der Waals surface area contributed by atoms with Crippen molar-refractivity contribution in [2.24, 2.45) is 0 Å². The van der Waals surface area contributed by atoms with Gasteiger partial charge in [-0.05, 0) is 22.6 Å². The minimum atomic E-state index is -2.96. The zero-order valence-corrected chi connectivity index (χ0v) is 9.14. The summed E-state index contributed by atoms with van der Waals surface area (Å²) in [5, 5.41) is 10.5. The van der Waals surface area contributed by atoms with Gasteiger partial charge in [0.15, 0.2) is 9.99 Å². The van der Waals surface area contributed by atoms with Crippen LogP contribution in [0.15, 0.2) is 6.20 Å². The SMILES string of the molecule is O=Cc1c(C(F)F)cnc(I)c1[N+](=O)[O-]. The van der Waals surface area contributed by atoms with Crippen LogP contribution in [-0.2, 0) is 0 Å². The van der Waals surface area contributed by atoms with Gasteiger partial charge in [-0.2, -0.15) is 0 Å². The van der Waals surface area contributed by atoms with Gasteiger partial charge in [0.05, 0.1) is 10.5 Å². The largest absolute Gasteiger partial charge is 0.311 e. The van der Waals surface area contributed by atoms with E-state index in [1.54, 1.807) is 0 Å². The zero-order chi connectivity index (χ0) is 11.6. The fraction of sp³-hybridized carbons (Fsp3) is 0.143. The average molecular weight is 328 g/mol. The Kier molecular flexibility index (Phi) is 3.61. The molecular formula is C7H3F2IN2O3. The van der Waals surface area contributed by atoms with Gasteiger partial charge < -0.3 is 0 Å². The molecule has 5 nitrogen and oxygen atoms in total. The smallest absolute Gasteiger partial charge is 0.298 e. The first-order valence-corrected chi connectivity index (χ1v) is 4.63. The standard InChI is InChI=1S/C7H3F2IN2O3/c8-6(9)3-1-11-7(10)5(12(14)15)4(3)2-13/h1-2,6H. The number of alkyl halides is 2. The minimum absolute atomic E-state index is 0.0451. The fourth-order valence-corrected chi connectivity index (χ4v) is 1.60. The van der Waals surface area contributed by atoms with Crippen LogP contribution < -0.4 is 0 Å². The molecule has 0 fully saturated rings. The molecule has 0 radical (unpaired) electrons. The third-order valence-electron chi connectivity index (χ3n) is 1.61. The van der Waals surface area contributed by atoms with Crippen LogP contribution in [0.5, 0.6) is 0 Å². The number of aromatic nitrogens is 1. The number of halogens is 3. The molecule has 0 N–H and O–H groups in total. The minimum Gasteiger partial charge on any atom is -0.298 e. The maximum atomic E-state index is 12.4. The Morgan fingerprint density at radius 2 is 2.20 bits per heavy atom. The van der Waals surface area contributed by atoms with Gasteiger partial charge in [-0.25, -0.2) is 13.8 Å². The molecule has 15 heavy (non-hydrogen) atoms. The van der Waals surface area contributed by atoms with Gasteiger partial charge in [0.2, 0.25) is 0 Å². The lowest BCUT2D eigenvalue weighted by Gasteiger charge is -2.04. The van der Waals surface area contributed by atoms with Crippen LogP contribution in [-0.4, -0.2) is 16.2 Å². The van der Waals surface area contributed by atoms with Crippen LogP contribution in [0.4, 0.5) is 14.5 Å². The first-order chi connectivity index (χ1) is 6.99. The van der Waals surface area contributed by atoms with Crippen LogP contribution >= 0.6 is 22.6 Å². The first kappa shape index (κ1) is 11.9. The van der Waals surface area contributed by atoms with Crippen LogP contribution in [0.3, 0.4) is 0 Å². The lowest BCUT2D eigenvalue weighted by molar-refractivity contribution is -0.386. The number of nitrogens with zero attached hydrogens (tertiary/aromatic N) is 2. The van der Waals surface area contributed by atoms with Crippen molar-refractivity contribution in [1.29, 1.82) is 0 Å². The van der Waals surface area contributed by atoms with Crippen molar-refractivity contribution in [3.8, 4) is 0 Å². The van der Waals surface area contributed by atoms with E-state index in [0.29, 0.717) is 0 Å². The van der Waals surface area contributed by atoms with E-state index in [0.717, 1.165) is 6.20 Å². The fourth-order valence-electron chi connectivity index (χ4n) is 0.976. The normalized spacial score (nSPS) is 10.4. The molecule has 1 aromatic rings. The molecule has 0 aliphatic rings.